The monoisotopic (exact) mass is 263 g/mol. The highest BCUT2D eigenvalue weighted by atomic mass is 16.5. The van der Waals surface area contributed by atoms with Gasteiger partial charge in [-0.25, -0.2) is 0 Å². The van der Waals surface area contributed by atoms with Gasteiger partial charge in [0, 0.05) is 6.04 Å². The van der Waals surface area contributed by atoms with Crippen LogP contribution in [0.5, 0.6) is 5.75 Å². The maximum absolute atomic E-state index is 11.8. The molecule has 1 unspecified atom stereocenters. The summed E-state index contributed by atoms with van der Waals surface area (Å²) in [5.74, 6) is 1.07. The van der Waals surface area contributed by atoms with Crippen LogP contribution in [0.15, 0.2) is 24.3 Å². The number of rotatable bonds is 6. The van der Waals surface area contributed by atoms with Gasteiger partial charge in [-0.2, -0.15) is 0 Å². The molecule has 1 aliphatic rings. The van der Waals surface area contributed by atoms with Crippen LogP contribution in [0.25, 0.3) is 0 Å². The summed E-state index contributed by atoms with van der Waals surface area (Å²) in [6.45, 7) is 2.05. The van der Waals surface area contributed by atoms with Gasteiger partial charge in [0.15, 0.2) is 0 Å². The summed E-state index contributed by atoms with van der Waals surface area (Å²) in [4.78, 5) is 11.8. The van der Waals surface area contributed by atoms with E-state index in [1.807, 2.05) is 31.2 Å². The lowest BCUT2D eigenvalue weighted by atomic mass is 10.1. The Morgan fingerprint density at radius 2 is 2.11 bits per heavy atom. The topological polar surface area (TPSA) is 47.6 Å². The average Bonchev–Trinajstić information content (AvgIpc) is 3.28. The molecule has 0 heterocycles. The standard InChI is InChI=1S/C15H21NO3/c1-10(12-5-4-6-13(9-12)18-2)16-14(11-7-8-11)15(17)19-3/h4-6,9-11,14,16H,7-8H2,1-3H3/t10-,14?/m0/s1. The van der Waals surface area contributed by atoms with Crippen molar-refractivity contribution in [3.63, 3.8) is 0 Å². The summed E-state index contributed by atoms with van der Waals surface area (Å²) in [5.41, 5.74) is 1.11. The number of carbonyl (C=O) groups is 1. The maximum Gasteiger partial charge on any atom is 0.323 e. The zero-order chi connectivity index (χ0) is 13.8. The largest absolute Gasteiger partial charge is 0.497 e. The summed E-state index contributed by atoms with van der Waals surface area (Å²) in [6.07, 6.45) is 2.19. The molecular weight excluding hydrogens is 242 g/mol. The zero-order valence-electron chi connectivity index (χ0n) is 11.7. The number of carbonyl (C=O) groups excluding carboxylic acids is 1. The fourth-order valence-electron chi connectivity index (χ4n) is 2.23. The normalized spacial score (nSPS) is 17.6. The van der Waals surface area contributed by atoms with E-state index < -0.39 is 0 Å². The van der Waals surface area contributed by atoms with Crippen molar-refractivity contribution in [2.24, 2.45) is 5.92 Å². The molecule has 1 aliphatic carbocycles. The summed E-state index contributed by atoms with van der Waals surface area (Å²) in [6, 6.07) is 7.76. The molecule has 0 amide bonds. The van der Waals surface area contributed by atoms with E-state index in [2.05, 4.69) is 5.32 Å². The second kappa shape index (κ2) is 6.06. The molecule has 0 aliphatic heterocycles. The summed E-state index contributed by atoms with van der Waals surface area (Å²) >= 11 is 0. The van der Waals surface area contributed by atoms with Gasteiger partial charge in [-0.3, -0.25) is 10.1 Å². The van der Waals surface area contributed by atoms with Gasteiger partial charge in [-0.05, 0) is 43.4 Å². The van der Waals surface area contributed by atoms with Crippen LogP contribution in [0.3, 0.4) is 0 Å². The van der Waals surface area contributed by atoms with Crippen molar-refractivity contribution >= 4 is 5.97 Å². The van der Waals surface area contributed by atoms with Crippen molar-refractivity contribution in [1.29, 1.82) is 0 Å². The molecule has 0 radical (unpaired) electrons. The van der Waals surface area contributed by atoms with Crippen LogP contribution in [0.4, 0.5) is 0 Å². The Bertz CT molecular complexity index is 443. The van der Waals surface area contributed by atoms with E-state index in [1.54, 1.807) is 7.11 Å². The molecule has 0 bridgehead atoms. The molecule has 1 N–H and O–H groups in total. The first-order valence-electron chi connectivity index (χ1n) is 6.63. The number of hydrogen-bond acceptors (Lipinski definition) is 4. The molecule has 1 saturated carbocycles. The van der Waals surface area contributed by atoms with Gasteiger partial charge in [0.05, 0.1) is 14.2 Å². The molecule has 4 nitrogen and oxygen atoms in total. The molecule has 0 spiro atoms. The molecule has 2 atom stereocenters. The van der Waals surface area contributed by atoms with Crippen molar-refractivity contribution in [1.82, 2.24) is 5.32 Å². The maximum atomic E-state index is 11.8. The molecular formula is C15H21NO3. The Kier molecular flexibility index (Phi) is 4.43. The Balaban J connectivity index is 2.05. The Hall–Kier alpha value is -1.55. The number of methoxy groups -OCH3 is 2. The van der Waals surface area contributed by atoms with Crippen molar-refractivity contribution < 1.29 is 14.3 Å². The smallest absolute Gasteiger partial charge is 0.323 e. The van der Waals surface area contributed by atoms with E-state index in [9.17, 15) is 4.79 Å². The van der Waals surface area contributed by atoms with Crippen LogP contribution >= 0.6 is 0 Å². The molecule has 2 rings (SSSR count). The van der Waals surface area contributed by atoms with E-state index in [0.29, 0.717) is 5.92 Å². The first-order valence-corrected chi connectivity index (χ1v) is 6.63. The molecule has 104 valence electrons. The van der Waals surface area contributed by atoms with Gasteiger partial charge in [0.2, 0.25) is 0 Å². The molecule has 1 fully saturated rings. The molecule has 19 heavy (non-hydrogen) atoms. The third-order valence-corrected chi connectivity index (χ3v) is 3.57. The van der Waals surface area contributed by atoms with Crippen LogP contribution in [0.1, 0.15) is 31.4 Å². The highest BCUT2D eigenvalue weighted by molar-refractivity contribution is 5.76. The molecule has 4 heteroatoms. The van der Waals surface area contributed by atoms with E-state index in [0.717, 1.165) is 24.2 Å². The lowest BCUT2D eigenvalue weighted by Crippen LogP contribution is -2.40. The summed E-state index contributed by atoms with van der Waals surface area (Å²) in [7, 11) is 3.09. The SMILES string of the molecule is COC(=O)C(N[C@@H](C)c1cccc(OC)c1)C1CC1. The number of hydrogen-bond donors (Lipinski definition) is 1. The van der Waals surface area contributed by atoms with Gasteiger partial charge in [0.1, 0.15) is 11.8 Å². The van der Waals surface area contributed by atoms with E-state index >= 15 is 0 Å². The quantitative estimate of drug-likeness (QED) is 0.800. The number of esters is 1. The Morgan fingerprint density at radius 3 is 2.68 bits per heavy atom. The first-order chi connectivity index (χ1) is 9.15. The lowest BCUT2D eigenvalue weighted by molar-refractivity contribution is -0.144. The Labute approximate surface area is 114 Å². The minimum atomic E-state index is -0.203. The molecule has 1 aromatic carbocycles. The van der Waals surface area contributed by atoms with Crippen molar-refractivity contribution in [2.75, 3.05) is 14.2 Å². The second-order valence-electron chi connectivity index (χ2n) is 5.00. The van der Waals surface area contributed by atoms with Crippen LogP contribution in [0.2, 0.25) is 0 Å². The van der Waals surface area contributed by atoms with Crippen molar-refractivity contribution in [2.45, 2.75) is 31.8 Å². The third kappa shape index (κ3) is 3.47. The Morgan fingerprint density at radius 1 is 1.37 bits per heavy atom. The van der Waals surface area contributed by atoms with Gasteiger partial charge >= 0.3 is 5.97 Å². The van der Waals surface area contributed by atoms with E-state index in [-0.39, 0.29) is 18.1 Å². The van der Waals surface area contributed by atoms with Gasteiger partial charge in [0.25, 0.3) is 0 Å². The molecule has 0 aromatic heterocycles. The third-order valence-electron chi connectivity index (χ3n) is 3.57. The van der Waals surface area contributed by atoms with Crippen LogP contribution in [-0.2, 0) is 9.53 Å². The van der Waals surface area contributed by atoms with Crippen LogP contribution < -0.4 is 10.1 Å². The predicted molar refractivity (Wildman–Crippen MR) is 73.1 cm³/mol. The zero-order valence-corrected chi connectivity index (χ0v) is 11.7. The van der Waals surface area contributed by atoms with Crippen molar-refractivity contribution in [3.8, 4) is 5.75 Å². The highest BCUT2D eigenvalue weighted by Crippen LogP contribution is 2.34. The van der Waals surface area contributed by atoms with Crippen molar-refractivity contribution in [3.05, 3.63) is 29.8 Å². The minimum absolute atomic E-state index is 0.0831. The number of nitrogens with one attached hydrogen (secondary N) is 1. The lowest BCUT2D eigenvalue weighted by Gasteiger charge is -2.21. The van der Waals surface area contributed by atoms with Gasteiger partial charge < -0.3 is 9.47 Å². The molecule has 1 aromatic rings. The minimum Gasteiger partial charge on any atom is -0.497 e. The second-order valence-corrected chi connectivity index (χ2v) is 5.00. The summed E-state index contributed by atoms with van der Waals surface area (Å²) < 4.78 is 10.1. The van der Waals surface area contributed by atoms with E-state index in [1.165, 1.54) is 7.11 Å². The average molecular weight is 263 g/mol. The van der Waals surface area contributed by atoms with Gasteiger partial charge in [-0.15, -0.1) is 0 Å². The van der Waals surface area contributed by atoms with Crippen LogP contribution in [-0.4, -0.2) is 26.2 Å². The predicted octanol–water partition coefficient (Wildman–Crippen LogP) is 2.30. The van der Waals surface area contributed by atoms with E-state index in [4.69, 9.17) is 9.47 Å². The fourth-order valence-corrected chi connectivity index (χ4v) is 2.23. The fraction of sp³-hybridized carbons (Fsp3) is 0.533. The summed E-state index contributed by atoms with van der Waals surface area (Å²) in [5, 5.41) is 3.37. The highest BCUT2D eigenvalue weighted by Gasteiger charge is 2.37. The molecule has 0 saturated heterocycles. The van der Waals surface area contributed by atoms with Crippen LogP contribution in [0, 0.1) is 5.92 Å². The van der Waals surface area contributed by atoms with Gasteiger partial charge in [-0.1, -0.05) is 12.1 Å². The first kappa shape index (κ1) is 13.9. The number of benzene rings is 1. The number of ether oxygens (including phenoxy) is 2.